The summed E-state index contributed by atoms with van der Waals surface area (Å²) in [7, 11) is 0. The van der Waals surface area contributed by atoms with Crippen LogP contribution in [0.3, 0.4) is 0 Å². The van der Waals surface area contributed by atoms with Crippen LogP contribution in [0.2, 0.25) is 20.1 Å². The average Bonchev–Trinajstić information content (AvgIpc) is 3.15. The lowest BCUT2D eigenvalue weighted by Gasteiger charge is -2.13. The van der Waals surface area contributed by atoms with Gasteiger partial charge in [-0.15, -0.1) is 11.3 Å². The molecule has 0 unspecified atom stereocenters. The number of hydrogen-bond donors (Lipinski definition) is 2. The van der Waals surface area contributed by atoms with Crippen molar-refractivity contribution < 1.29 is 4.79 Å². The second kappa shape index (κ2) is 9.28. The van der Waals surface area contributed by atoms with E-state index in [9.17, 15) is 4.79 Å². The fraction of sp³-hybridized carbons (Fsp3) is 0. The number of fused-ring (bicyclic) bond motifs is 1. The number of nitrogens with one attached hydrogen (secondary N) is 2. The third-order valence-electron chi connectivity index (χ3n) is 4.23. The van der Waals surface area contributed by atoms with E-state index in [0.717, 1.165) is 15.2 Å². The van der Waals surface area contributed by atoms with E-state index in [1.165, 1.54) is 23.5 Å². The molecular weight excluding hydrogens is 516 g/mol. The summed E-state index contributed by atoms with van der Waals surface area (Å²) in [5.74, 6) is -0.499. The monoisotopic (exact) mass is 525 g/mol. The van der Waals surface area contributed by atoms with Crippen molar-refractivity contribution in [3.63, 3.8) is 0 Å². The van der Waals surface area contributed by atoms with E-state index in [0.29, 0.717) is 26.3 Å². The Morgan fingerprint density at radius 1 is 0.935 bits per heavy atom. The number of nitrogens with zero attached hydrogens (tertiary/aromatic N) is 1. The van der Waals surface area contributed by atoms with Gasteiger partial charge in [0.15, 0.2) is 5.11 Å². The number of carbonyl (C=O) groups is 1. The smallest absolute Gasteiger partial charge is 0.258 e. The molecule has 1 amide bonds. The van der Waals surface area contributed by atoms with Crippen molar-refractivity contribution in [2.75, 3.05) is 5.32 Å². The van der Waals surface area contributed by atoms with Gasteiger partial charge in [0.2, 0.25) is 0 Å². The van der Waals surface area contributed by atoms with Crippen molar-refractivity contribution >= 4 is 96.9 Å². The normalized spacial score (nSPS) is 10.8. The summed E-state index contributed by atoms with van der Waals surface area (Å²) >= 11 is 31.6. The zero-order chi connectivity index (χ0) is 22.1. The van der Waals surface area contributed by atoms with Crippen molar-refractivity contribution in [2.45, 2.75) is 0 Å². The minimum Gasteiger partial charge on any atom is -0.331 e. The molecule has 0 bridgehead atoms. The summed E-state index contributed by atoms with van der Waals surface area (Å²) in [5, 5.41) is 7.71. The first kappa shape index (κ1) is 22.3. The van der Waals surface area contributed by atoms with E-state index in [-0.39, 0.29) is 15.7 Å². The molecule has 0 atom stereocenters. The first-order chi connectivity index (χ1) is 14.8. The Kier molecular flexibility index (Phi) is 6.67. The maximum Gasteiger partial charge on any atom is 0.258 e. The van der Waals surface area contributed by atoms with E-state index >= 15 is 0 Å². The molecule has 1 aromatic heterocycles. The van der Waals surface area contributed by atoms with Crippen LogP contribution in [0.1, 0.15) is 10.4 Å². The molecule has 0 spiro atoms. The Bertz CT molecular complexity index is 1310. The molecule has 4 aromatic rings. The molecule has 0 saturated heterocycles. The number of hydrogen-bond acceptors (Lipinski definition) is 4. The fourth-order valence-corrected chi connectivity index (χ4v) is 4.94. The standard InChI is InChI=1S/C21H11Cl4N3OS2/c22-10-5-6-13(23)11(7-10)19(29)28-21(30)27-17-8-12(14(24)9-15(17)25)20-26-16-3-1-2-4-18(16)31-20/h1-9H,(H2,27,28,29,30). The van der Waals surface area contributed by atoms with Gasteiger partial charge in [-0.05, 0) is 54.7 Å². The van der Waals surface area contributed by atoms with E-state index < -0.39 is 5.91 Å². The Morgan fingerprint density at radius 3 is 2.48 bits per heavy atom. The molecule has 0 aliphatic rings. The molecule has 0 fully saturated rings. The highest BCUT2D eigenvalue weighted by Crippen LogP contribution is 2.38. The Hall–Kier alpha value is -1.93. The van der Waals surface area contributed by atoms with Crippen LogP contribution in [-0.4, -0.2) is 16.0 Å². The zero-order valence-electron chi connectivity index (χ0n) is 15.4. The molecule has 0 aliphatic heterocycles. The third-order valence-corrected chi connectivity index (χ3v) is 6.69. The minimum absolute atomic E-state index is 0.0421. The summed E-state index contributed by atoms with van der Waals surface area (Å²) < 4.78 is 1.04. The SMILES string of the molecule is O=C(NC(=S)Nc1cc(-c2nc3ccccc3s2)c(Cl)cc1Cl)c1cc(Cl)ccc1Cl. The molecule has 2 N–H and O–H groups in total. The van der Waals surface area contributed by atoms with E-state index in [1.54, 1.807) is 18.2 Å². The summed E-state index contributed by atoms with van der Waals surface area (Å²) in [4.78, 5) is 17.1. The van der Waals surface area contributed by atoms with Crippen molar-refractivity contribution in [1.29, 1.82) is 0 Å². The second-order valence-corrected chi connectivity index (χ2v) is 9.43. The van der Waals surface area contributed by atoms with Gasteiger partial charge in [0.25, 0.3) is 5.91 Å². The van der Waals surface area contributed by atoms with Gasteiger partial charge in [0.05, 0.1) is 36.5 Å². The number of halogens is 4. The van der Waals surface area contributed by atoms with Gasteiger partial charge < -0.3 is 5.32 Å². The summed E-state index contributed by atoms with van der Waals surface area (Å²) in [6.45, 7) is 0. The predicted octanol–water partition coefficient (Wildman–Crippen LogP) is 7.70. The lowest BCUT2D eigenvalue weighted by molar-refractivity contribution is 0.0978. The summed E-state index contributed by atoms with van der Waals surface area (Å²) in [6.07, 6.45) is 0. The first-order valence-corrected chi connectivity index (χ1v) is 11.5. The first-order valence-electron chi connectivity index (χ1n) is 8.74. The molecule has 4 nitrogen and oxygen atoms in total. The lowest BCUT2D eigenvalue weighted by atomic mass is 10.2. The fourth-order valence-electron chi connectivity index (χ4n) is 2.79. The number of aromatic nitrogens is 1. The molecule has 4 rings (SSSR count). The van der Waals surface area contributed by atoms with Crippen molar-refractivity contribution in [2.24, 2.45) is 0 Å². The Labute approximate surface area is 207 Å². The summed E-state index contributed by atoms with van der Waals surface area (Å²) in [5.41, 5.74) is 2.25. The van der Waals surface area contributed by atoms with Gasteiger partial charge >= 0.3 is 0 Å². The molecular formula is C21H11Cl4N3OS2. The van der Waals surface area contributed by atoms with Gasteiger partial charge in [0.1, 0.15) is 5.01 Å². The number of benzene rings is 3. The van der Waals surface area contributed by atoms with Gasteiger partial charge in [-0.3, -0.25) is 10.1 Å². The number of thiocarbonyl (C=S) groups is 1. The van der Waals surface area contributed by atoms with Crippen LogP contribution in [0.15, 0.2) is 54.6 Å². The number of thiazole rings is 1. The van der Waals surface area contributed by atoms with E-state index in [1.807, 2.05) is 24.3 Å². The van der Waals surface area contributed by atoms with Gasteiger partial charge in [0, 0.05) is 10.6 Å². The van der Waals surface area contributed by atoms with E-state index in [2.05, 4.69) is 15.6 Å². The van der Waals surface area contributed by atoms with Gasteiger partial charge in [-0.25, -0.2) is 4.98 Å². The minimum atomic E-state index is -0.499. The van der Waals surface area contributed by atoms with Crippen LogP contribution >= 0.6 is 70.0 Å². The third kappa shape index (κ3) is 4.95. The highest BCUT2D eigenvalue weighted by atomic mass is 35.5. The van der Waals surface area contributed by atoms with Crippen molar-refractivity contribution in [3.8, 4) is 10.6 Å². The largest absolute Gasteiger partial charge is 0.331 e. The quantitative estimate of drug-likeness (QED) is 0.268. The van der Waals surface area contributed by atoms with Gasteiger partial charge in [-0.1, -0.05) is 58.5 Å². The number of rotatable bonds is 3. The van der Waals surface area contributed by atoms with Crippen LogP contribution < -0.4 is 10.6 Å². The molecule has 3 aromatic carbocycles. The van der Waals surface area contributed by atoms with Crippen LogP contribution in [-0.2, 0) is 0 Å². The highest BCUT2D eigenvalue weighted by molar-refractivity contribution is 7.80. The molecule has 1 heterocycles. The van der Waals surface area contributed by atoms with Gasteiger partial charge in [-0.2, -0.15) is 0 Å². The lowest BCUT2D eigenvalue weighted by Crippen LogP contribution is -2.34. The maximum absolute atomic E-state index is 12.5. The Balaban J connectivity index is 1.58. The zero-order valence-corrected chi connectivity index (χ0v) is 20.0. The number of amides is 1. The maximum atomic E-state index is 12.5. The van der Waals surface area contributed by atoms with Crippen molar-refractivity contribution in [1.82, 2.24) is 10.3 Å². The molecule has 0 aliphatic carbocycles. The predicted molar refractivity (Wildman–Crippen MR) is 135 cm³/mol. The van der Waals surface area contributed by atoms with Crippen LogP contribution in [0.4, 0.5) is 5.69 Å². The highest BCUT2D eigenvalue weighted by Gasteiger charge is 2.16. The number of para-hydroxylation sites is 1. The molecule has 156 valence electrons. The number of carbonyl (C=O) groups excluding carboxylic acids is 1. The molecule has 0 saturated carbocycles. The molecule has 10 heteroatoms. The molecule has 0 radical (unpaired) electrons. The van der Waals surface area contributed by atoms with E-state index in [4.69, 9.17) is 58.6 Å². The number of anilines is 1. The summed E-state index contributed by atoms with van der Waals surface area (Å²) in [6, 6.07) is 15.7. The van der Waals surface area contributed by atoms with Crippen LogP contribution in [0.5, 0.6) is 0 Å². The topological polar surface area (TPSA) is 54.0 Å². The second-order valence-electron chi connectivity index (χ2n) is 6.33. The van der Waals surface area contributed by atoms with Crippen LogP contribution in [0, 0.1) is 0 Å². The van der Waals surface area contributed by atoms with Crippen LogP contribution in [0.25, 0.3) is 20.8 Å². The van der Waals surface area contributed by atoms with Crippen molar-refractivity contribution in [3.05, 3.63) is 80.3 Å². The Morgan fingerprint density at radius 2 is 1.71 bits per heavy atom. The molecule has 31 heavy (non-hydrogen) atoms. The average molecular weight is 527 g/mol.